The molecule has 0 radical (unpaired) electrons. The molecule has 1 saturated heterocycles. The van der Waals surface area contributed by atoms with Crippen LogP contribution in [-0.2, 0) is 6.54 Å². The highest BCUT2D eigenvalue weighted by atomic mass is 15.3. The molecule has 2 aliphatic rings. The van der Waals surface area contributed by atoms with Crippen molar-refractivity contribution in [3.05, 3.63) is 35.9 Å². The first kappa shape index (κ1) is 13.1. The fraction of sp³-hybridized carbons (Fsp3) is 0.647. The second kappa shape index (κ2) is 5.26. The van der Waals surface area contributed by atoms with Crippen LogP contribution in [0.25, 0.3) is 0 Å². The van der Waals surface area contributed by atoms with Crippen LogP contribution in [0.4, 0.5) is 0 Å². The maximum Gasteiger partial charge on any atom is 0.0338 e. The summed E-state index contributed by atoms with van der Waals surface area (Å²) in [6, 6.07) is 11.6. The van der Waals surface area contributed by atoms with Gasteiger partial charge in [0, 0.05) is 31.2 Å². The summed E-state index contributed by atoms with van der Waals surface area (Å²) >= 11 is 0. The summed E-state index contributed by atoms with van der Waals surface area (Å²) in [6.45, 7) is 8.21. The molecule has 1 heterocycles. The van der Waals surface area contributed by atoms with Crippen molar-refractivity contribution in [3.8, 4) is 0 Å². The second-order valence-electron chi connectivity index (χ2n) is 6.48. The predicted molar refractivity (Wildman–Crippen MR) is 80.1 cm³/mol. The van der Waals surface area contributed by atoms with Gasteiger partial charge in [0.25, 0.3) is 0 Å². The van der Waals surface area contributed by atoms with Crippen LogP contribution in [0.5, 0.6) is 0 Å². The zero-order valence-electron chi connectivity index (χ0n) is 12.2. The van der Waals surface area contributed by atoms with E-state index in [1.165, 1.54) is 31.4 Å². The first-order valence-electron chi connectivity index (χ1n) is 7.74. The Morgan fingerprint density at radius 1 is 1.26 bits per heavy atom. The smallest absolute Gasteiger partial charge is 0.0338 e. The molecule has 3 rings (SSSR count). The molecular formula is C17H26N2. The third-order valence-electron chi connectivity index (χ3n) is 5.08. The van der Waals surface area contributed by atoms with Crippen molar-refractivity contribution >= 4 is 0 Å². The number of rotatable bonds is 4. The molecule has 19 heavy (non-hydrogen) atoms. The number of piperazine rings is 1. The van der Waals surface area contributed by atoms with Gasteiger partial charge in [-0.25, -0.2) is 0 Å². The molecule has 1 aromatic rings. The van der Waals surface area contributed by atoms with Crippen molar-refractivity contribution in [2.24, 2.45) is 5.92 Å². The predicted octanol–water partition coefficient (Wildman–Crippen LogP) is 3.04. The molecule has 1 aliphatic heterocycles. The van der Waals surface area contributed by atoms with Gasteiger partial charge >= 0.3 is 0 Å². The highest BCUT2D eigenvalue weighted by molar-refractivity contribution is 5.16. The van der Waals surface area contributed by atoms with Gasteiger partial charge in [0.2, 0.25) is 0 Å². The number of hydrogen-bond acceptors (Lipinski definition) is 2. The van der Waals surface area contributed by atoms with E-state index in [0.717, 1.165) is 19.0 Å². The van der Waals surface area contributed by atoms with Crippen molar-refractivity contribution < 1.29 is 0 Å². The number of nitrogens with zero attached hydrogens (tertiary/aromatic N) is 1. The summed E-state index contributed by atoms with van der Waals surface area (Å²) in [5.41, 5.74) is 1.81. The molecule has 2 heteroatoms. The number of hydrogen-bond donors (Lipinski definition) is 1. The Hall–Kier alpha value is -0.860. The van der Waals surface area contributed by atoms with Crippen molar-refractivity contribution in [1.82, 2.24) is 10.2 Å². The summed E-state index contributed by atoms with van der Waals surface area (Å²) in [5.74, 6) is 0.904. The summed E-state index contributed by atoms with van der Waals surface area (Å²) in [4.78, 5) is 2.74. The third-order valence-corrected chi connectivity index (χ3v) is 5.08. The van der Waals surface area contributed by atoms with Gasteiger partial charge < -0.3 is 5.32 Å². The summed E-state index contributed by atoms with van der Waals surface area (Å²) in [7, 11) is 0. The third kappa shape index (κ3) is 2.70. The van der Waals surface area contributed by atoms with E-state index in [9.17, 15) is 0 Å². The Morgan fingerprint density at radius 2 is 2.00 bits per heavy atom. The highest BCUT2D eigenvalue weighted by Gasteiger charge is 2.47. The molecule has 2 unspecified atom stereocenters. The van der Waals surface area contributed by atoms with Crippen LogP contribution in [-0.4, -0.2) is 29.6 Å². The van der Waals surface area contributed by atoms with Crippen LogP contribution in [0.15, 0.2) is 30.3 Å². The van der Waals surface area contributed by atoms with E-state index >= 15 is 0 Å². The molecule has 2 nitrogen and oxygen atoms in total. The average molecular weight is 258 g/mol. The molecule has 2 fully saturated rings. The van der Waals surface area contributed by atoms with Gasteiger partial charge in [0.05, 0.1) is 0 Å². The van der Waals surface area contributed by atoms with Gasteiger partial charge in [-0.05, 0) is 37.7 Å². The van der Waals surface area contributed by atoms with E-state index in [1.807, 2.05) is 0 Å². The Morgan fingerprint density at radius 3 is 2.63 bits per heavy atom. The zero-order valence-corrected chi connectivity index (χ0v) is 12.2. The molecule has 2 atom stereocenters. The quantitative estimate of drug-likeness (QED) is 0.893. The minimum absolute atomic E-state index is 0.363. The van der Waals surface area contributed by atoms with E-state index in [4.69, 9.17) is 0 Å². The lowest BCUT2D eigenvalue weighted by molar-refractivity contribution is 0.0270. The first-order valence-corrected chi connectivity index (χ1v) is 7.74. The van der Waals surface area contributed by atoms with Gasteiger partial charge in [-0.1, -0.05) is 37.3 Å². The van der Waals surface area contributed by atoms with Crippen molar-refractivity contribution in [2.75, 3.05) is 13.1 Å². The lowest BCUT2D eigenvalue weighted by Crippen LogP contribution is -2.63. The fourth-order valence-corrected chi connectivity index (χ4v) is 3.43. The summed E-state index contributed by atoms with van der Waals surface area (Å²) in [5, 5.41) is 3.75. The van der Waals surface area contributed by atoms with Crippen molar-refractivity contribution in [2.45, 2.75) is 51.2 Å². The molecule has 0 bridgehead atoms. The minimum atomic E-state index is 0.363. The summed E-state index contributed by atoms with van der Waals surface area (Å²) in [6.07, 6.45) is 4.06. The Labute approximate surface area is 117 Å². The largest absolute Gasteiger partial charge is 0.311 e. The van der Waals surface area contributed by atoms with E-state index in [0.29, 0.717) is 11.6 Å². The standard InChI is InChI=1S/C17H26N2/c1-3-16-12-19(11-14-7-5-4-6-8-14)17(2,13-18-16)15-9-10-15/h4-8,15-16,18H,3,9-13H2,1-2H3. The van der Waals surface area contributed by atoms with E-state index in [1.54, 1.807) is 0 Å². The molecule has 0 spiro atoms. The second-order valence-corrected chi connectivity index (χ2v) is 6.48. The SMILES string of the molecule is CCC1CN(Cc2ccccc2)C(C)(C2CC2)CN1. The van der Waals surface area contributed by atoms with E-state index in [2.05, 4.69) is 54.4 Å². The van der Waals surface area contributed by atoms with Gasteiger partial charge in [-0.15, -0.1) is 0 Å². The molecule has 1 saturated carbocycles. The van der Waals surface area contributed by atoms with Gasteiger partial charge in [-0.2, -0.15) is 0 Å². The maximum atomic E-state index is 3.75. The molecule has 104 valence electrons. The Balaban J connectivity index is 1.77. The fourth-order valence-electron chi connectivity index (χ4n) is 3.43. The molecule has 1 aliphatic carbocycles. The van der Waals surface area contributed by atoms with Gasteiger partial charge in [0.1, 0.15) is 0 Å². The molecular weight excluding hydrogens is 232 g/mol. The van der Waals surface area contributed by atoms with Crippen LogP contribution in [0, 0.1) is 5.92 Å². The van der Waals surface area contributed by atoms with Crippen LogP contribution >= 0.6 is 0 Å². The lowest BCUT2D eigenvalue weighted by Gasteiger charge is -2.48. The first-order chi connectivity index (χ1) is 9.22. The molecule has 0 aromatic heterocycles. The van der Waals surface area contributed by atoms with Crippen LogP contribution < -0.4 is 5.32 Å². The lowest BCUT2D eigenvalue weighted by atomic mass is 9.88. The molecule has 1 aromatic carbocycles. The number of benzene rings is 1. The van der Waals surface area contributed by atoms with E-state index < -0.39 is 0 Å². The van der Waals surface area contributed by atoms with Crippen LogP contribution in [0.3, 0.4) is 0 Å². The van der Waals surface area contributed by atoms with E-state index in [-0.39, 0.29) is 0 Å². The topological polar surface area (TPSA) is 15.3 Å². The molecule has 1 N–H and O–H groups in total. The number of nitrogens with one attached hydrogen (secondary N) is 1. The maximum absolute atomic E-state index is 3.75. The normalized spacial score (nSPS) is 32.4. The molecule has 0 amide bonds. The average Bonchev–Trinajstić information content (AvgIpc) is 3.27. The monoisotopic (exact) mass is 258 g/mol. The summed E-state index contributed by atoms with van der Waals surface area (Å²) < 4.78 is 0. The van der Waals surface area contributed by atoms with Gasteiger partial charge in [-0.3, -0.25) is 4.90 Å². The van der Waals surface area contributed by atoms with Crippen LogP contribution in [0.1, 0.15) is 38.7 Å². The van der Waals surface area contributed by atoms with Crippen molar-refractivity contribution in [3.63, 3.8) is 0 Å². The Kier molecular flexibility index (Phi) is 3.64. The van der Waals surface area contributed by atoms with Crippen molar-refractivity contribution in [1.29, 1.82) is 0 Å². The highest BCUT2D eigenvalue weighted by Crippen LogP contribution is 2.44. The Bertz CT molecular complexity index is 413. The minimum Gasteiger partial charge on any atom is -0.311 e. The zero-order chi connectivity index (χ0) is 13.3. The van der Waals surface area contributed by atoms with Crippen LogP contribution in [0.2, 0.25) is 0 Å². The van der Waals surface area contributed by atoms with Gasteiger partial charge in [0.15, 0.2) is 0 Å².